The van der Waals surface area contributed by atoms with Gasteiger partial charge < -0.3 is 5.32 Å². The van der Waals surface area contributed by atoms with Gasteiger partial charge in [0, 0.05) is 29.9 Å². The Balaban J connectivity index is 2.24. The second kappa shape index (κ2) is 5.93. The molecule has 1 heterocycles. The average molecular weight is 265 g/mol. The Morgan fingerprint density at radius 1 is 1.32 bits per heavy atom. The van der Waals surface area contributed by atoms with Crippen molar-refractivity contribution in [2.24, 2.45) is 0 Å². The van der Waals surface area contributed by atoms with Crippen molar-refractivity contribution in [3.63, 3.8) is 0 Å². The monoisotopic (exact) mass is 265 g/mol. The Labute approximate surface area is 111 Å². The minimum Gasteiger partial charge on any atom is -0.313 e. The molecule has 0 aliphatic heterocycles. The first kappa shape index (κ1) is 13.7. The molecule has 0 radical (unpaired) electrons. The van der Waals surface area contributed by atoms with Gasteiger partial charge in [-0.2, -0.15) is 5.10 Å². The van der Waals surface area contributed by atoms with Gasteiger partial charge in [0.15, 0.2) is 0 Å². The fourth-order valence-electron chi connectivity index (χ4n) is 2.05. The molecule has 5 heteroatoms. The number of hydrogen-bond acceptors (Lipinski definition) is 2. The third-order valence-corrected chi connectivity index (χ3v) is 3.20. The van der Waals surface area contributed by atoms with E-state index in [1.54, 1.807) is 17.9 Å². The van der Waals surface area contributed by atoms with E-state index in [0.717, 1.165) is 12.1 Å². The van der Waals surface area contributed by atoms with Crippen LogP contribution in [0.5, 0.6) is 0 Å². The molecule has 0 fully saturated rings. The van der Waals surface area contributed by atoms with Gasteiger partial charge in [-0.15, -0.1) is 0 Å². The number of nitrogens with one attached hydrogen (secondary N) is 1. The molecule has 2 aromatic rings. The molecule has 0 aliphatic rings. The van der Waals surface area contributed by atoms with Crippen LogP contribution in [-0.2, 0) is 13.0 Å². The third-order valence-electron chi connectivity index (χ3n) is 3.20. The molecule has 3 nitrogen and oxygen atoms in total. The summed E-state index contributed by atoms with van der Waals surface area (Å²) in [5.74, 6) is -1.02. The van der Waals surface area contributed by atoms with Crippen LogP contribution < -0.4 is 5.32 Å². The Bertz CT molecular complexity index is 531. The Hall–Kier alpha value is -1.75. The summed E-state index contributed by atoms with van der Waals surface area (Å²) in [6.07, 6.45) is 3.87. The summed E-state index contributed by atoms with van der Waals surface area (Å²) in [5, 5.41) is 7.25. The highest BCUT2D eigenvalue weighted by atomic mass is 19.1. The van der Waals surface area contributed by atoms with Crippen molar-refractivity contribution in [3.05, 3.63) is 53.4 Å². The van der Waals surface area contributed by atoms with E-state index in [4.69, 9.17) is 0 Å². The maximum atomic E-state index is 13.6. The zero-order valence-corrected chi connectivity index (χ0v) is 11.0. The van der Waals surface area contributed by atoms with E-state index in [0.29, 0.717) is 0 Å². The molecule has 1 unspecified atom stereocenters. The van der Waals surface area contributed by atoms with Gasteiger partial charge in [-0.05, 0) is 32.5 Å². The summed E-state index contributed by atoms with van der Waals surface area (Å²) >= 11 is 0. The number of benzene rings is 1. The Morgan fingerprint density at radius 2 is 2.00 bits per heavy atom. The number of aromatic nitrogens is 2. The van der Waals surface area contributed by atoms with Crippen LogP contribution in [0.25, 0.3) is 0 Å². The van der Waals surface area contributed by atoms with Gasteiger partial charge in [0.05, 0.1) is 6.20 Å². The van der Waals surface area contributed by atoms with Crippen LogP contribution in [0.4, 0.5) is 8.78 Å². The molecular formula is C14H17F2N3. The van der Waals surface area contributed by atoms with Crippen LogP contribution in [0.2, 0.25) is 0 Å². The summed E-state index contributed by atoms with van der Waals surface area (Å²) in [5.41, 5.74) is 1.03. The largest absolute Gasteiger partial charge is 0.313 e. The Kier molecular flexibility index (Phi) is 4.27. The Morgan fingerprint density at radius 3 is 2.53 bits per heavy atom. The highest BCUT2D eigenvalue weighted by Crippen LogP contribution is 2.21. The fourth-order valence-corrected chi connectivity index (χ4v) is 2.05. The smallest absolute Gasteiger partial charge is 0.129 e. The predicted octanol–water partition coefficient (Wildman–Crippen LogP) is 2.68. The van der Waals surface area contributed by atoms with E-state index < -0.39 is 11.6 Å². The number of aryl methyl sites for hydroxylation is 1. The van der Waals surface area contributed by atoms with Crippen molar-refractivity contribution in [3.8, 4) is 0 Å². The second-order valence-electron chi connectivity index (χ2n) is 4.37. The molecule has 102 valence electrons. The second-order valence-corrected chi connectivity index (χ2v) is 4.37. The van der Waals surface area contributed by atoms with E-state index >= 15 is 0 Å². The normalized spacial score (nSPS) is 12.6. The van der Waals surface area contributed by atoms with Gasteiger partial charge >= 0.3 is 0 Å². The first-order chi connectivity index (χ1) is 9.15. The quantitative estimate of drug-likeness (QED) is 0.900. The summed E-state index contributed by atoms with van der Waals surface area (Å²) in [4.78, 5) is 0. The van der Waals surface area contributed by atoms with E-state index in [1.165, 1.54) is 18.2 Å². The average Bonchev–Trinajstić information content (AvgIpc) is 2.87. The van der Waals surface area contributed by atoms with Crippen LogP contribution >= 0.6 is 0 Å². The van der Waals surface area contributed by atoms with Crippen LogP contribution in [0.15, 0.2) is 30.6 Å². The SMILES string of the molecule is CCn1cc(C(Cc2c(F)cccc2F)NC)cn1. The first-order valence-electron chi connectivity index (χ1n) is 6.28. The van der Waals surface area contributed by atoms with Crippen molar-refractivity contribution in [2.45, 2.75) is 25.9 Å². The summed E-state index contributed by atoms with van der Waals surface area (Å²) in [7, 11) is 1.77. The van der Waals surface area contributed by atoms with Crippen molar-refractivity contribution >= 4 is 0 Å². The molecule has 1 N–H and O–H groups in total. The van der Waals surface area contributed by atoms with E-state index in [9.17, 15) is 8.78 Å². The maximum Gasteiger partial charge on any atom is 0.129 e. The van der Waals surface area contributed by atoms with E-state index in [-0.39, 0.29) is 18.0 Å². The third kappa shape index (κ3) is 2.98. The lowest BCUT2D eigenvalue weighted by molar-refractivity contribution is 0.515. The topological polar surface area (TPSA) is 29.9 Å². The molecule has 1 aromatic carbocycles. The molecule has 0 aliphatic carbocycles. The molecule has 2 rings (SSSR count). The van der Waals surface area contributed by atoms with Gasteiger partial charge in [0.25, 0.3) is 0 Å². The highest BCUT2D eigenvalue weighted by molar-refractivity contribution is 5.23. The molecule has 1 atom stereocenters. The summed E-state index contributed by atoms with van der Waals surface area (Å²) in [6, 6.07) is 3.77. The van der Waals surface area contributed by atoms with Gasteiger partial charge in [0.1, 0.15) is 11.6 Å². The predicted molar refractivity (Wildman–Crippen MR) is 69.8 cm³/mol. The lowest BCUT2D eigenvalue weighted by atomic mass is 10.0. The number of hydrogen-bond donors (Lipinski definition) is 1. The fraction of sp³-hybridized carbons (Fsp3) is 0.357. The molecule has 0 amide bonds. The van der Waals surface area contributed by atoms with Gasteiger partial charge in [-0.1, -0.05) is 6.07 Å². The van der Waals surface area contributed by atoms with Crippen molar-refractivity contribution in [1.29, 1.82) is 0 Å². The van der Waals surface area contributed by atoms with Crippen LogP contribution in [-0.4, -0.2) is 16.8 Å². The van der Waals surface area contributed by atoms with Crippen molar-refractivity contribution in [1.82, 2.24) is 15.1 Å². The number of rotatable bonds is 5. The van der Waals surface area contributed by atoms with Crippen molar-refractivity contribution < 1.29 is 8.78 Å². The molecule has 0 bridgehead atoms. The summed E-state index contributed by atoms with van der Waals surface area (Å²) in [6.45, 7) is 2.76. The van der Waals surface area contributed by atoms with Gasteiger partial charge in [-0.25, -0.2) is 8.78 Å². The maximum absolute atomic E-state index is 13.6. The van der Waals surface area contributed by atoms with Crippen molar-refractivity contribution in [2.75, 3.05) is 7.05 Å². The molecule has 0 saturated heterocycles. The standard InChI is InChI=1S/C14H17F2N3/c1-3-19-9-10(8-18-19)14(17-2)7-11-12(15)5-4-6-13(11)16/h4-6,8-9,14,17H,3,7H2,1-2H3. The lowest BCUT2D eigenvalue weighted by Gasteiger charge is -2.15. The minimum absolute atomic E-state index is 0.103. The van der Waals surface area contributed by atoms with Crippen LogP contribution in [0.1, 0.15) is 24.1 Å². The van der Waals surface area contributed by atoms with Gasteiger partial charge in [-0.3, -0.25) is 4.68 Å². The number of likely N-dealkylation sites (N-methyl/N-ethyl adjacent to an activating group) is 1. The molecule has 1 aromatic heterocycles. The molecule has 19 heavy (non-hydrogen) atoms. The van der Waals surface area contributed by atoms with E-state index in [1.807, 2.05) is 13.1 Å². The number of nitrogens with zero attached hydrogens (tertiary/aromatic N) is 2. The van der Waals surface area contributed by atoms with E-state index in [2.05, 4.69) is 10.4 Å². The molecule has 0 saturated carbocycles. The molecule has 0 spiro atoms. The van der Waals surface area contributed by atoms with Gasteiger partial charge in [0.2, 0.25) is 0 Å². The zero-order valence-electron chi connectivity index (χ0n) is 11.0. The summed E-state index contributed by atoms with van der Waals surface area (Å²) < 4.78 is 29.1. The molecular weight excluding hydrogens is 248 g/mol. The van der Waals surface area contributed by atoms with Crippen LogP contribution in [0.3, 0.4) is 0 Å². The number of halogens is 2. The highest BCUT2D eigenvalue weighted by Gasteiger charge is 2.17. The lowest BCUT2D eigenvalue weighted by Crippen LogP contribution is -2.19. The minimum atomic E-state index is -0.511. The zero-order chi connectivity index (χ0) is 13.8. The first-order valence-corrected chi connectivity index (χ1v) is 6.28. The van der Waals surface area contributed by atoms with Crippen LogP contribution in [0, 0.1) is 11.6 Å².